The molecular weight excluding hydrogens is 218 g/mol. The molecule has 0 saturated carbocycles. The molecule has 0 saturated heterocycles. The molecule has 2 heterocycles. The maximum atomic E-state index is 5.94. The molecular formula is C9H8ClN3S. The van der Waals surface area contributed by atoms with Crippen LogP contribution >= 0.6 is 22.9 Å². The molecule has 0 fully saturated rings. The fraction of sp³-hybridized carbons (Fsp3) is 0.111. The lowest BCUT2D eigenvalue weighted by Crippen LogP contribution is -2.00. The summed E-state index contributed by atoms with van der Waals surface area (Å²) in [7, 11) is 0. The second-order valence-electron chi connectivity index (χ2n) is 2.71. The first-order valence-corrected chi connectivity index (χ1v) is 5.40. The van der Waals surface area contributed by atoms with Crippen LogP contribution in [0.4, 0.5) is 5.82 Å². The van der Waals surface area contributed by atoms with Crippen LogP contribution < -0.4 is 5.32 Å². The normalized spacial score (nSPS) is 10.1. The van der Waals surface area contributed by atoms with E-state index in [1.807, 2.05) is 22.9 Å². The third kappa shape index (κ3) is 2.21. The first-order valence-electron chi connectivity index (χ1n) is 4.08. The van der Waals surface area contributed by atoms with Crippen molar-refractivity contribution in [1.82, 2.24) is 10.2 Å². The molecule has 0 unspecified atom stereocenters. The zero-order chi connectivity index (χ0) is 9.80. The molecule has 14 heavy (non-hydrogen) atoms. The number of thiophene rings is 1. The highest BCUT2D eigenvalue weighted by atomic mass is 35.5. The molecule has 0 amide bonds. The summed E-state index contributed by atoms with van der Waals surface area (Å²) < 4.78 is 0. The van der Waals surface area contributed by atoms with Crippen molar-refractivity contribution >= 4 is 28.8 Å². The predicted octanol–water partition coefficient (Wildman–Crippen LogP) is 2.80. The summed E-state index contributed by atoms with van der Waals surface area (Å²) in [6, 6.07) is 3.71. The highest BCUT2D eigenvalue weighted by Gasteiger charge is 2.00. The van der Waals surface area contributed by atoms with Gasteiger partial charge in [-0.15, -0.1) is 5.10 Å². The Hall–Kier alpha value is -1.13. The molecule has 0 bridgehead atoms. The van der Waals surface area contributed by atoms with E-state index in [9.17, 15) is 0 Å². The van der Waals surface area contributed by atoms with Gasteiger partial charge in [0.25, 0.3) is 0 Å². The Kier molecular flexibility index (Phi) is 2.96. The van der Waals surface area contributed by atoms with E-state index in [4.69, 9.17) is 11.6 Å². The average molecular weight is 226 g/mol. The third-order valence-electron chi connectivity index (χ3n) is 1.72. The van der Waals surface area contributed by atoms with E-state index in [0.29, 0.717) is 6.54 Å². The van der Waals surface area contributed by atoms with Crippen molar-refractivity contribution in [1.29, 1.82) is 0 Å². The molecule has 0 aromatic carbocycles. The van der Waals surface area contributed by atoms with E-state index < -0.39 is 0 Å². The van der Waals surface area contributed by atoms with Crippen LogP contribution in [0, 0.1) is 0 Å². The molecule has 0 aliphatic heterocycles. The van der Waals surface area contributed by atoms with Crippen LogP contribution in [-0.4, -0.2) is 10.2 Å². The molecule has 72 valence electrons. The maximum Gasteiger partial charge on any atom is 0.148 e. The number of rotatable bonds is 3. The fourth-order valence-electron chi connectivity index (χ4n) is 1.02. The maximum absolute atomic E-state index is 5.94. The number of nitrogens with zero attached hydrogens (tertiary/aromatic N) is 2. The summed E-state index contributed by atoms with van der Waals surface area (Å²) >= 11 is 7.53. The van der Waals surface area contributed by atoms with Crippen molar-refractivity contribution in [3.63, 3.8) is 0 Å². The summed E-state index contributed by atoms with van der Waals surface area (Å²) in [6.45, 7) is 0.682. The molecule has 0 spiro atoms. The van der Waals surface area contributed by atoms with E-state index in [1.165, 1.54) is 0 Å². The molecule has 0 atom stereocenters. The van der Waals surface area contributed by atoms with Gasteiger partial charge in [-0.2, -0.15) is 16.4 Å². The second kappa shape index (κ2) is 4.39. The average Bonchev–Trinajstić information content (AvgIpc) is 2.63. The second-order valence-corrected chi connectivity index (χ2v) is 3.86. The molecule has 2 aromatic rings. The summed E-state index contributed by atoms with van der Waals surface area (Å²) in [6.07, 6.45) is 1.64. The van der Waals surface area contributed by atoms with Crippen molar-refractivity contribution < 1.29 is 0 Å². The quantitative estimate of drug-likeness (QED) is 0.873. The topological polar surface area (TPSA) is 37.8 Å². The highest BCUT2D eigenvalue weighted by Crippen LogP contribution is 2.21. The Labute approximate surface area is 90.8 Å². The van der Waals surface area contributed by atoms with Gasteiger partial charge in [0.15, 0.2) is 0 Å². The zero-order valence-corrected chi connectivity index (χ0v) is 8.85. The van der Waals surface area contributed by atoms with Crippen molar-refractivity contribution in [3.05, 3.63) is 39.7 Å². The third-order valence-corrected chi connectivity index (χ3v) is 2.99. The van der Waals surface area contributed by atoms with Crippen LogP contribution in [0.25, 0.3) is 0 Å². The van der Waals surface area contributed by atoms with Gasteiger partial charge in [-0.05, 0) is 17.5 Å². The van der Waals surface area contributed by atoms with Crippen molar-refractivity contribution in [2.45, 2.75) is 6.54 Å². The lowest BCUT2D eigenvalue weighted by Gasteiger charge is -2.02. The summed E-state index contributed by atoms with van der Waals surface area (Å²) in [5, 5.41) is 15.5. The minimum Gasteiger partial charge on any atom is -0.364 e. The number of anilines is 1. The van der Waals surface area contributed by atoms with Gasteiger partial charge in [-0.1, -0.05) is 11.6 Å². The van der Waals surface area contributed by atoms with Crippen LogP contribution in [0.15, 0.2) is 29.1 Å². The summed E-state index contributed by atoms with van der Waals surface area (Å²) in [4.78, 5) is 0. The first kappa shape index (κ1) is 9.43. The highest BCUT2D eigenvalue weighted by molar-refractivity contribution is 7.08. The minimum absolute atomic E-state index is 0.682. The smallest absolute Gasteiger partial charge is 0.148 e. The van der Waals surface area contributed by atoms with E-state index in [1.54, 1.807) is 17.5 Å². The van der Waals surface area contributed by atoms with Gasteiger partial charge in [0.05, 0.1) is 5.02 Å². The number of aromatic nitrogens is 2. The van der Waals surface area contributed by atoms with Gasteiger partial charge in [0, 0.05) is 23.7 Å². The largest absolute Gasteiger partial charge is 0.364 e. The molecule has 2 rings (SSSR count). The van der Waals surface area contributed by atoms with Crippen molar-refractivity contribution in [3.8, 4) is 0 Å². The Morgan fingerprint density at radius 2 is 2.36 bits per heavy atom. The molecule has 0 aliphatic rings. The molecule has 3 nitrogen and oxygen atoms in total. The zero-order valence-electron chi connectivity index (χ0n) is 7.27. The summed E-state index contributed by atoms with van der Waals surface area (Å²) in [5.41, 5.74) is 1.09. The molecule has 0 aliphatic carbocycles. The Bertz CT molecular complexity index is 401. The van der Waals surface area contributed by atoms with Gasteiger partial charge in [-0.25, -0.2) is 0 Å². The Balaban J connectivity index is 1.99. The Morgan fingerprint density at radius 1 is 1.43 bits per heavy atom. The van der Waals surface area contributed by atoms with Crippen LogP contribution in [0.5, 0.6) is 0 Å². The lowest BCUT2D eigenvalue weighted by molar-refractivity contribution is 1.00. The molecule has 0 radical (unpaired) electrons. The SMILES string of the molecule is Clc1cscc1CNc1cccnn1. The van der Waals surface area contributed by atoms with Gasteiger partial charge < -0.3 is 5.32 Å². The van der Waals surface area contributed by atoms with Crippen LogP contribution in [0.2, 0.25) is 5.02 Å². The van der Waals surface area contributed by atoms with E-state index in [2.05, 4.69) is 15.5 Å². The number of halogens is 1. The van der Waals surface area contributed by atoms with Gasteiger partial charge in [-0.3, -0.25) is 0 Å². The first-order chi connectivity index (χ1) is 6.86. The van der Waals surface area contributed by atoms with Gasteiger partial charge in [0.1, 0.15) is 5.82 Å². The standard InChI is InChI=1S/C9H8ClN3S/c10-8-6-14-5-7(8)4-11-9-2-1-3-12-13-9/h1-3,5-6H,4H2,(H,11,13). The number of nitrogens with one attached hydrogen (secondary N) is 1. The van der Waals surface area contributed by atoms with Crippen LogP contribution in [0.1, 0.15) is 5.56 Å². The van der Waals surface area contributed by atoms with Crippen LogP contribution in [0.3, 0.4) is 0 Å². The van der Waals surface area contributed by atoms with Crippen LogP contribution in [-0.2, 0) is 6.54 Å². The summed E-state index contributed by atoms with van der Waals surface area (Å²) in [5.74, 6) is 0.759. The lowest BCUT2D eigenvalue weighted by atomic mass is 10.3. The molecule has 2 aromatic heterocycles. The van der Waals surface area contributed by atoms with Gasteiger partial charge >= 0.3 is 0 Å². The Morgan fingerprint density at radius 3 is 3.00 bits per heavy atom. The monoisotopic (exact) mass is 225 g/mol. The molecule has 1 N–H and O–H groups in total. The van der Waals surface area contributed by atoms with E-state index in [0.717, 1.165) is 16.4 Å². The molecule has 5 heteroatoms. The van der Waals surface area contributed by atoms with Crippen molar-refractivity contribution in [2.24, 2.45) is 0 Å². The van der Waals surface area contributed by atoms with E-state index >= 15 is 0 Å². The number of hydrogen-bond acceptors (Lipinski definition) is 4. The minimum atomic E-state index is 0.682. The predicted molar refractivity (Wildman–Crippen MR) is 58.7 cm³/mol. The van der Waals surface area contributed by atoms with Gasteiger partial charge in [0.2, 0.25) is 0 Å². The number of hydrogen-bond donors (Lipinski definition) is 1. The van der Waals surface area contributed by atoms with E-state index in [-0.39, 0.29) is 0 Å². The van der Waals surface area contributed by atoms with Crippen molar-refractivity contribution in [2.75, 3.05) is 5.32 Å². The fourth-order valence-corrected chi connectivity index (χ4v) is 2.07.